The first-order chi connectivity index (χ1) is 6.57. The van der Waals surface area contributed by atoms with Crippen LogP contribution < -0.4 is 0 Å². The Balaban J connectivity index is 2.69. The Labute approximate surface area is 85.2 Å². The van der Waals surface area contributed by atoms with Gasteiger partial charge in [-0.2, -0.15) is 0 Å². The summed E-state index contributed by atoms with van der Waals surface area (Å²) in [7, 11) is 0. The SMILES string of the molecule is CCC(C)(C)Cc1cnc(CO)cn1. The van der Waals surface area contributed by atoms with Crippen LogP contribution in [0.25, 0.3) is 0 Å². The Morgan fingerprint density at radius 3 is 2.21 bits per heavy atom. The number of aromatic nitrogens is 2. The number of rotatable bonds is 4. The largest absolute Gasteiger partial charge is 0.390 e. The van der Waals surface area contributed by atoms with Gasteiger partial charge in [0.2, 0.25) is 0 Å². The molecule has 0 aromatic carbocycles. The highest BCUT2D eigenvalue weighted by molar-refractivity contribution is 5.03. The molecule has 0 fully saturated rings. The fourth-order valence-corrected chi connectivity index (χ4v) is 1.17. The molecule has 3 heteroatoms. The van der Waals surface area contributed by atoms with Crippen LogP contribution in [0.2, 0.25) is 0 Å². The standard InChI is InChI=1S/C11H18N2O/c1-4-11(2,3)5-9-6-13-10(8-14)7-12-9/h6-7,14H,4-5,8H2,1-3H3. The highest BCUT2D eigenvalue weighted by atomic mass is 16.3. The lowest BCUT2D eigenvalue weighted by Crippen LogP contribution is -2.14. The zero-order valence-corrected chi connectivity index (χ0v) is 9.12. The average molecular weight is 194 g/mol. The van der Waals surface area contributed by atoms with Crippen LogP contribution in [-0.4, -0.2) is 15.1 Å². The molecule has 0 spiro atoms. The van der Waals surface area contributed by atoms with Gasteiger partial charge < -0.3 is 5.11 Å². The second-order valence-corrected chi connectivity index (χ2v) is 4.35. The minimum atomic E-state index is -0.0373. The van der Waals surface area contributed by atoms with Gasteiger partial charge in [0.25, 0.3) is 0 Å². The van der Waals surface area contributed by atoms with Crippen LogP contribution in [-0.2, 0) is 13.0 Å². The van der Waals surface area contributed by atoms with E-state index in [1.165, 1.54) is 0 Å². The summed E-state index contributed by atoms with van der Waals surface area (Å²) in [5, 5.41) is 8.80. The average Bonchev–Trinajstić information content (AvgIpc) is 2.19. The van der Waals surface area contributed by atoms with E-state index in [9.17, 15) is 0 Å². The van der Waals surface area contributed by atoms with E-state index in [0.29, 0.717) is 5.69 Å². The van der Waals surface area contributed by atoms with Gasteiger partial charge in [0, 0.05) is 6.20 Å². The Hall–Kier alpha value is -0.960. The first-order valence-electron chi connectivity index (χ1n) is 4.98. The van der Waals surface area contributed by atoms with E-state index in [0.717, 1.165) is 18.5 Å². The predicted molar refractivity (Wildman–Crippen MR) is 55.7 cm³/mol. The van der Waals surface area contributed by atoms with Crippen LogP contribution in [0.5, 0.6) is 0 Å². The van der Waals surface area contributed by atoms with Crippen LogP contribution in [0.4, 0.5) is 0 Å². The smallest absolute Gasteiger partial charge is 0.0868 e. The molecule has 0 aliphatic heterocycles. The first kappa shape index (κ1) is 11.1. The number of nitrogens with zero attached hydrogens (tertiary/aromatic N) is 2. The first-order valence-corrected chi connectivity index (χ1v) is 4.98. The second kappa shape index (κ2) is 4.51. The molecule has 0 atom stereocenters. The van der Waals surface area contributed by atoms with E-state index in [2.05, 4.69) is 30.7 Å². The summed E-state index contributed by atoms with van der Waals surface area (Å²) in [5.74, 6) is 0. The number of aliphatic hydroxyl groups excluding tert-OH is 1. The van der Waals surface area contributed by atoms with Gasteiger partial charge in [-0.15, -0.1) is 0 Å². The van der Waals surface area contributed by atoms with Crippen LogP contribution in [0.15, 0.2) is 12.4 Å². The molecule has 0 aliphatic rings. The Bertz CT molecular complexity index is 280. The maximum Gasteiger partial charge on any atom is 0.0868 e. The summed E-state index contributed by atoms with van der Waals surface area (Å²) in [6, 6.07) is 0. The Kier molecular flexibility index (Phi) is 3.58. The molecule has 0 saturated heterocycles. The van der Waals surface area contributed by atoms with E-state index >= 15 is 0 Å². The number of hydrogen-bond donors (Lipinski definition) is 1. The highest BCUT2D eigenvalue weighted by Gasteiger charge is 2.16. The van der Waals surface area contributed by atoms with Crippen molar-refractivity contribution in [3.8, 4) is 0 Å². The molecular formula is C11H18N2O. The van der Waals surface area contributed by atoms with Gasteiger partial charge in [-0.25, -0.2) is 0 Å². The van der Waals surface area contributed by atoms with E-state index < -0.39 is 0 Å². The molecule has 1 aromatic heterocycles. The Morgan fingerprint density at radius 2 is 1.79 bits per heavy atom. The third kappa shape index (κ3) is 3.07. The molecule has 0 unspecified atom stereocenters. The number of hydrogen-bond acceptors (Lipinski definition) is 3. The topological polar surface area (TPSA) is 46.0 Å². The van der Waals surface area contributed by atoms with Crippen LogP contribution in [0.1, 0.15) is 38.6 Å². The summed E-state index contributed by atoms with van der Waals surface area (Å²) >= 11 is 0. The molecule has 3 nitrogen and oxygen atoms in total. The van der Waals surface area contributed by atoms with Crippen molar-refractivity contribution in [3.63, 3.8) is 0 Å². The fourth-order valence-electron chi connectivity index (χ4n) is 1.17. The van der Waals surface area contributed by atoms with Gasteiger partial charge >= 0.3 is 0 Å². The third-order valence-corrected chi connectivity index (χ3v) is 2.54. The normalized spacial score (nSPS) is 11.7. The molecule has 1 heterocycles. The zero-order valence-electron chi connectivity index (χ0n) is 9.12. The predicted octanol–water partition coefficient (Wildman–Crippen LogP) is 1.95. The molecule has 0 aliphatic carbocycles. The van der Waals surface area contributed by atoms with E-state index in [-0.39, 0.29) is 12.0 Å². The van der Waals surface area contributed by atoms with Crippen molar-refractivity contribution in [1.82, 2.24) is 9.97 Å². The summed E-state index contributed by atoms with van der Waals surface area (Å²) in [6.07, 6.45) is 5.45. The Morgan fingerprint density at radius 1 is 1.21 bits per heavy atom. The summed E-state index contributed by atoms with van der Waals surface area (Å²) in [5.41, 5.74) is 1.90. The van der Waals surface area contributed by atoms with Crippen LogP contribution >= 0.6 is 0 Å². The van der Waals surface area contributed by atoms with Crippen molar-refractivity contribution in [1.29, 1.82) is 0 Å². The molecule has 14 heavy (non-hydrogen) atoms. The quantitative estimate of drug-likeness (QED) is 0.796. The molecule has 78 valence electrons. The monoisotopic (exact) mass is 194 g/mol. The van der Waals surface area contributed by atoms with Crippen molar-refractivity contribution >= 4 is 0 Å². The van der Waals surface area contributed by atoms with Gasteiger partial charge in [0.1, 0.15) is 0 Å². The number of aliphatic hydroxyl groups is 1. The molecule has 0 saturated carbocycles. The van der Waals surface area contributed by atoms with Gasteiger partial charge in [-0.05, 0) is 11.8 Å². The highest BCUT2D eigenvalue weighted by Crippen LogP contribution is 2.23. The molecule has 0 radical (unpaired) electrons. The fraction of sp³-hybridized carbons (Fsp3) is 0.636. The summed E-state index contributed by atoms with van der Waals surface area (Å²) in [4.78, 5) is 8.36. The maximum absolute atomic E-state index is 8.80. The minimum Gasteiger partial charge on any atom is -0.390 e. The lowest BCUT2D eigenvalue weighted by atomic mass is 9.85. The van der Waals surface area contributed by atoms with Crippen LogP contribution in [0.3, 0.4) is 0 Å². The van der Waals surface area contributed by atoms with Gasteiger partial charge in [0.05, 0.1) is 24.2 Å². The molecule has 0 amide bonds. The molecule has 1 aromatic rings. The third-order valence-electron chi connectivity index (χ3n) is 2.54. The lowest BCUT2D eigenvalue weighted by Gasteiger charge is -2.21. The van der Waals surface area contributed by atoms with E-state index in [1.54, 1.807) is 12.4 Å². The minimum absolute atomic E-state index is 0.0373. The maximum atomic E-state index is 8.80. The summed E-state index contributed by atoms with van der Waals surface area (Å²) in [6.45, 7) is 6.57. The van der Waals surface area contributed by atoms with Gasteiger partial charge in [0.15, 0.2) is 0 Å². The van der Waals surface area contributed by atoms with Crippen molar-refractivity contribution in [3.05, 3.63) is 23.8 Å². The van der Waals surface area contributed by atoms with Crippen molar-refractivity contribution in [2.75, 3.05) is 0 Å². The zero-order chi connectivity index (χ0) is 10.6. The van der Waals surface area contributed by atoms with E-state index in [1.807, 2.05) is 0 Å². The molecule has 0 bridgehead atoms. The molecule has 1 N–H and O–H groups in total. The van der Waals surface area contributed by atoms with Crippen LogP contribution in [0, 0.1) is 5.41 Å². The summed E-state index contributed by atoms with van der Waals surface area (Å²) < 4.78 is 0. The van der Waals surface area contributed by atoms with E-state index in [4.69, 9.17) is 5.11 Å². The van der Waals surface area contributed by atoms with Gasteiger partial charge in [-0.3, -0.25) is 9.97 Å². The second-order valence-electron chi connectivity index (χ2n) is 4.35. The van der Waals surface area contributed by atoms with Crippen molar-refractivity contribution < 1.29 is 5.11 Å². The molecule has 1 rings (SSSR count). The molecular weight excluding hydrogens is 176 g/mol. The van der Waals surface area contributed by atoms with Gasteiger partial charge in [-0.1, -0.05) is 27.2 Å². The van der Waals surface area contributed by atoms with Crippen molar-refractivity contribution in [2.45, 2.75) is 40.2 Å². The van der Waals surface area contributed by atoms with Crippen molar-refractivity contribution in [2.24, 2.45) is 5.41 Å². The lowest BCUT2D eigenvalue weighted by molar-refractivity contribution is 0.276.